The predicted octanol–water partition coefficient (Wildman–Crippen LogP) is 9.44. The third-order valence-electron chi connectivity index (χ3n) is 9.63. The zero-order chi connectivity index (χ0) is 21.9. The average Bonchev–Trinajstić information content (AvgIpc) is 2.63. The van der Waals surface area contributed by atoms with E-state index in [1.807, 2.05) is 0 Å². The van der Waals surface area contributed by atoms with Crippen LogP contribution in [0, 0.1) is 58.7 Å². The Bertz CT molecular complexity index is 461. The van der Waals surface area contributed by atoms with Gasteiger partial charge in [-0.1, -0.05) is 114 Å². The van der Waals surface area contributed by atoms with Crippen molar-refractivity contribution >= 4 is 0 Å². The molecule has 0 spiro atoms. The summed E-state index contributed by atoms with van der Waals surface area (Å²) in [4.78, 5) is 0. The number of rotatable bonds is 10. The summed E-state index contributed by atoms with van der Waals surface area (Å²) in [6, 6.07) is 0. The molecule has 7 atom stereocenters. The van der Waals surface area contributed by atoms with Gasteiger partial charge >= 0.3 is 0 Å². The predicted molar refractivity (Wildman–Crippen MR) is 128 cm³/mol. The monoisotopic (exact) mass is 480 g/mol. The van der Waals surface area contributed by atoms with E-state index in [1.165, 1.54) is 44.9 Å². The van der Waals surface area contributed by atoms with Crippen LogP contribution in [0.5, 0.6) is 0 Å². The van der Waals surface area contributed by atoms with E-state index in [2.05, 4.69) is 83.1 Å². The van der Waals surface area contributed by atoms with Crippen LogP contribution in [0.15, 0.2) is 0 Å². The smallest absolute Gasteiger partial charge is 0 e. The van der Waals surface area contributed by atoms with Gasteiger partial charge in [-0.15, -0.1) is 0 Å². The van der Waals surface area contributed by atoms with E-state index in [1.54, 1.807) is 0 Å². The van der Waals surface area contributed by atoms with Gasteiger partial charge in [-0.05, 0) is 53.3 Å². The largest absolute Gasteiger partial charge is 0.337 e. The molecule has 171 valence electrons. The van der Waals surface area contributed by atoms with Gasteiger partial charge in [0.1, 0.15) is 0 Å². The Kier molecular flexibility index (Phi) is 12.3. The van der Waals surface area contributed by atoms with E-state index in [0.29, 0.717) is 10.8 Å². The van der Waals surface area contributed by atoms with Crippen LogP contribution in [-0.2, 0) is 32.7 Å². The molecule has 1 rings (SSSR count). The van der Waals surface area contributed by atoms with Crippen LogP contribution in [0.25, 0.3) is 0 Å². The van der Waals surface area contributed by atoms with Gasteiger partial charge in [-0.3, -0.25) is 0 Å². The summed E-state index contributed by atoms with van der Waals surface area (Å²) in [5, 5.41) is 0. The Morgan fingerprint density at radius 3 is 1.86 bits per heavy atom. The molecule has 0 saturated heterocycles. The van der Waals surface area contributed by atoms with E-state index in [4.69, 9.17) is 0 Å². The molecule has 0 aromatic rings. The Morgan fingerprint density at radius 1 is 0.966 bits per heavy atom. The maximum absolute atomic E-state index is 4.58. The molecule has 1 heteroatoms. The number of hydrogen-bond acceptors (Lipinski definition) is 0. The van der Waals surface area contributed by atoms with Crippen LogP contribution >= 0.6 is 0 Å². The second-order valence-electron chi connectivity index (χ2n) is 12.1. The summed E-state index contributed by atoms with van der Waals surface area (Å²) >= 11 is 0. The SMILES string of the molecule is [CH2-]C(C)(C)C1CCC(C(C)(CC)C(CC)C(C(C)C)C(C)CC)CC1(C)CC.[Y]. The molecule has 1 fully saturated rings. The Hall–Kier alpha value is 1.10. The minimum Gasteiger partial charge on any atom is -0.337 e. The van der Waals surface area contributed by atoms with Crippen molar-refractivity contribution in [1.82, 2.24) is 0 Å². The first-order chi connectivity index (χ1) is 12.8. The van der Waals surface area contributed by atoms with Crippen molar-refractivity contribution in [3.63, 3.8) is 0 Å². The first-order valence-electron chi connectivity index (χ1n) is 12.7. The first-order valence-corrected chi connectivity index (χ1v) is 12.7. The second-order valence-corrected chi connectivity index (χ2v) is 12.1. The van der Waals surface area contributed by atoms with E-state index in [0.717, 1.165) is 35.5 Å². The van der Waals surface area contributed by atoms with Gasteiger partial charge in [-0.25, -0.2) is 0 Å². The van der Waals surface area contributed by atoms with Crippen molar-refractivity contribution in [3.05, 3.63) is 6.92 Å². The fourth-order valence-electron chi connectivity index (χ4n) is 7.63. The molecule has 1 radical (unpaired) electrons. The van der Waals surface area contributed by atoms with Crippen molar-refractivity contribution in [2.24, 2.45) is 51.8 Å². The normalized spacial score (nSPS) is 30.9. The molecular weight excluding hydrogens is 425 g/mol. The van der Waals surface area contributed by atoms with Gasteiger partial charge < -0.3 is 6.92 Å². The Labute approximate surface area is 211 Å². The van der Waals surface area contributed by atoms with Crippen molar-refractivity contribution in [2.45, 2.75) is 121 Å². The summed E-state index contributed by atoms with van der Waals surface area (Å²) < 4.78 is 0. The zero-order valence-electron chi connectivity index (χ0n) is 22.2. The van der Waals surface area contributed by atoms with Crippen LogP contribution in [-0.4, -0.2) is 0 Å². The first kappa shape index (κ1) is 30.1. The van der Waals surface area contributed by atoms with Gasteiger partial charge in [0, 0.05) is 32.7 Å². The average molecular weight is 481 g/mol. The van der Waals surface area contributed by atoms with Crippen LogP contribution in [0.2, 0.25) is 0 Å². The van der Waals surface area contributed by atoms with Crippen molar-refractivity contribution in [2.75, 3.05) is 0 Å². The Balaban J connectivity index is 0.00000784. The third kappa shape index (κ3) is 6.56. The maximum Gasteiger partial charge on any atom is 0 e. The van der Waals surface area contributed by atoms with Gasteiger partial charge in [0.15, 0.2) is 0 Å². The van der Waals surface area contributed by atoms with E-state index in [-0.39, 0.29) is 38.1 Å². The molecule has 0 aliphatic heterocycles. The van der Waals surface area contributed by atoms with Gasteiger partial charge in [0.25, 0.3) is 0 Å². The minimum atomic E-state index is 0. The van der Waals surface area contributed by atoms with Crippen LogP contribution in [0.3, 0.4) is 0 Å². The fourth-order valence-corrected chi connectivity index (χ4v) is 7.63. The molecule has 7 unspecified atom stereocenters. The molecular formula is C28H55Y-. The van der Waals surface area contributed by atoms with Crippen LogP contribution in [0.4, 0.5) is 0 Å². The Morgan fingerprint density at radius 2 is 1.52 bits per heavy atom. The molecule has 1 aliphatic rings. The fraction of sp³-hybridized carbons (Fsp3) is 0.964. The van der Waals surface area contributed by atoms with Gasteiger partial charge in [0.2, 0.25) is 0 Å². The summed E-state index contributed by atoms with van der Waals surface area (Å²) in [6.07, 6.45) is 9.45. The quantitative estimate of drug-likeness (QED) is 0.273. The van der Waals surface area contributed by atoms with Crippen molar-refractivity contribution < 1.29 is 32.7 Å². The molecule has 1 saturated carbocycles. The van der Waals surface area contributed by atoms with Crippen LogP contribution in [0.1, 0.15) is 121 Å². The van der Waals surface area contributed by atoms with Crippen molar-refractivity contribution in [3.8, 4) is 0 Å². The molecule has 0 aromatic carbocycles. The standard InChI is InChI=1S/C28H55.Y/c1-13-21(7)25(20(5)6)23(14-2)28(12,16-4)22-17-18-24(26(8,9)10)27(11,15-3)19-22;/h20-25H,8,13-19H2,1-7,9-12H3;/q-1;. The van der Waals surface area contributed by atoms with Crippen LogP contribution < -0.4 is 0 Å². The van der Waals surface area contributed by atoms with Gasteiger partial charge in [-0.2, -0.15) is 5.41 Å². The van der Waals surface area contributed by atoms with Crippen molar-refractivity contribution in [1.29, 1.82) is 0 Å². The summed E-state index contributed by atoms with van der Waals surface area (Å²) in [5.41, 5.74) is 1.08. The number of hydrogen-bond donors (Lipinski definition) is 0. The summed E-state index contributed by atoms with van der Waals surface area (Å²) in [5.74, 6) is 4.88. The topological polar surface area (TPSA) is 0 Å². The molecule has 1 aliphatic carbocycles. The molecule has 0 amide bonds. The van der Waals surface area contributed by atoms with Gasteiger partial charge in [0.05, 0.1) is 0 Å². The third-order valence-corrected chi connectivity index (χ3v) is 9.63. The second kappa shape index (κ2) is 11.8. The molecule has 0 N–H and O–H groups in total. The minimum absolute atomic E-state index is 0. The molecule has 0 heterocycles. The molecule has 0 bridgehead atoms. The molecule has 0 aromatic heterocycles. The summed E-state index contributed by atoms with van der Waals surface area (Å²) in [7, 11) is 0. The zero-order valence-corrected chi connectivity index (χ0v) is 25.0. The van der Waals surface area contributed by atoms with E-state index < -0.39 is 0 Å². The summed E-state index contributed by atoms with van der Waals surface area (Å²) in [6.45, 7) is 31.8. The molecule has 0 nitrogen and oxygen atoms in total. The van der Waals surface area contributed by atoms with E-state index >= 15 is 0 Å². The van der Waals surface area contributed by atoms with E-state index in [9.17, 15) is 0 Å². The maximum atomic E-state index is 4.58. The molecule has 29 heavy (non-hydrogen) atoms.